The maximum absolute atomic E-state index is 16.0. The third-order valence-corrected chi connectivity index (χ3v) is 7.23. The fraction of sp³-hybridized carbons (Fsp3) is 0.621. The monoisotopic (exact) mass is 545 g/mol. The predicted octanol–water partition coefficient (Wildman–Crippen LogP) is 4.31. The van der Waals surface area contributed by atoms with Gasteiger partial charge in [0.2, 0.25) is 11.6 Å². The minimum Gasteiger partial charge on any atom is -0.467 e. The number of hydrogen-bond donors (Lipinski definition) is 0. The summed E-state index contributed by atoms with van der Waals surface area (Å²) >= 11 is 0. The lowest BCUT2D eigenvalue weighted by Gasteiger charge is -2.41. The molecule has 1 aromatic heterocycles. The molecule has 9 nitrogen and oxygen atoms in total. The smallest absolute Gasteiger partial charge is 0.410 e. The van der Waals surface area contributed by atoms with E-state index in [2.05, 4.69) is 16.8 Å². The van der Waals surface area contributed by atoms with Gasteiger partial charge < -0.3 is 28.6 Å². The van der Waals surface area contributed by atoms with Crippen molar-refractivity contribution in [2.75, 3.05) is 33.9 Å². The van der Waals surface area contributed by atoms with Crippen LogP contribution in [0.5, 0.6) is 0 Å². The molecule has 10 heteroatoms. The molecular weight excluding hydrogens is 505 g/mol. The van der Waals surface area contributed by atoms with Gasteiger partial charge in [0.05, 0.1) is 19.6 Å². The molecule has 0 spiro atoms. The van der Waals surface area contributed by atoms with Gasteiger partial charge in [0.1, 0.15) is 5.60 Å². The molecule has 1 aromatic carbocycles. The van der Waals surface area contributed by atoms with E-state index < -0.39 is 35.8 Å². The Balaban J connectivity index is 1.60. The van der Waals surface area contributed by atoms with Crippen molar-refractivity contribution in [3.63, 3.8) is 0 Å². The third-order valence-electron chi connectivity index (χ3n) is 7.23. The van der Waals surface area contributed by atoms with Crippen LogP contribution in [0.25, 0.3) is 10.9 Å². The maximum atomic E-state index is 16.0. The summed E-state index contributed by atoms with van der Waals surface area (Å²) in [4.78, 5) is 42.3. The van der Waals surface area contributed by atoms with Crippen LogP contribution in [-0.4, -0.2) is 83.6 Å². The average molecular weight is 546 g/mol. The molecule has 39 heavy (non-hydrogen) atoms. The average Bonchev–Trinajstić information content (AvgIpc) is 3.68. The Kier molecular flexibility index (Phi) is 8.54. The van der Waals surface area contributed by atoms with E-state index in [1.54, 1.807) is 32.8 Å². The summed E-state index contributed by atoms with van der Waals surface area (Å²) in [6.07, 6.45) is 3.54. The number of ether oxygens (including phenoxy) is 3. The number of aryl methyl sites for hydroxylation is 1. The van der Waals surface area contributed by atoms with Gasteiger partial charge in [0, 0.05) is 62.9 Å². The molecule has 1 saturated heterocycles. The highest BCUT2D eigenvalue weighted by Crippen LogP contribution is 2.37. The van der Waals surface area contributed by atoms with Crippen LogP contribution in [0.15, 0.2) is 30.5 Å². The normalized spacial score (nSPS) is 21.6. The number of nitrogens with zero attached hydrogens (tertiary/aromatic N) is 3. The highest BCUT2D eigenvalue weighted by molar-refractivity contribution is 5.87. The van der Waals surface area contributed by atoms with Crippen molar-refractivity contribution in [2.24, 2.45) is 5.92 Å². The van der Waals surface area contributed by atoms with E-state index in [9.17, 15) is 14.4 Å². The fourth-order valence-electron chi connectivity index (χ4n) is 5.32. The number of piperidine rings is 1. The quantitative estimate of drug-likeness (QED) is 0.345. The number of methoxy groups -OCH3 is 2. The van der Waals surface area contributed by atoms with Crippen LogP contribution in [0.3, 0.4) is 0 Å². The van der Waals surface area contributed by atoms with Crippen LogP contribution >= 0.6 is 0 Å². The second kappa shape index (κ2) is 11.5. The zero-order valence-electron chi connectivity index (χ0n) is 23.6. The number of aromatic nitrogens is 1. The van der Waals surface area contributed by atoms with E-state index >= 15 is 4.39 Å². The summed E-state index contributed by atoms with van der Waals surface area (Å²) < 4.78 is 33.5. The molecule has 4 rings (SSSR count). The van der Waals surface area contributed by atoms with Crippen molar-refractivity contribution in [1.82, 2.24) is 14.4 Å². The van der Waals surface area contributed by atoms with E-state index in [-0.39, 0.29) is 24.9 Å². The number of carbonyl (C=O) groups excluding carboxylic acids is 3. The van der Waals surface area contributed by atoms with Gasteiger partial charge in [-0.25, -0.2) is 14.0 Å². The Labute approximate surface area is 229 Å². The number of halogens is 1. The molecule has 2 amide bonds. The Bertz CT molecular complexity index is 1200. The highest BCUT2D eigenvalue weighted by atomic mass is 19.1. The lowest BCUT2D eigenvalue weighted by Crippen LogP contribution is -2.59. The number of likely N-dealkylation sites (tertiary alicyclic amines) is 1. The summed E-state index contributed by atoms with van der Waals surface area (Å²) in [5.41, 5.74) is -1.23. The predicted molar refractivity (Wildman–Crippen MR) is 144 cm³/mol. The summed E-state index contributed by atoms with van der Waals surface area (Å²) in [6.45, 7) is 6.37. The number of esters is 1. The van der Waals surface area contributed by atoms with E-state index in [1.807, 2.05) is 18.2 Å². The van der Waals surface area contributed by atoms with Crippen LogP contribution < -0.4 is 0 Å². The molecular formula is C29H40FN3O6. The van der Waals surface area contributed by atoms with Gasteiger partial charge in [-0.05, 0) is 51.7 Å². The molecule has 1 aliphatic carbocycles. The standard InChI is InChI=1S/C29H40FN3O6/c1-28(2,3)39-27(36)32-16-20(15-29(30,19-32)26(35)38-5)25(34)33(22-11-12-22)18-21-17-31(13-8-14-37-4)24-10-7-6-9-23(21)24/h6-7,9-10,17,20,22H,8,11-16,18-19H2,1-5H3/t20-,29-/m1/s1. The molecule has 1 saturated carbocycles. The molecule has 2 atom stereocenters. The maximum Gasteiger partial charge on any atom is 0.410 e. The largest absolute Gasteiger partial charge is 0.467 e. The van der Waals surface area contributed by atoms with Crippen molar-refractivity contribution in [3.8, 4) is 0 Å². The topological polar surface area (TPSA) is 90.3 Å². The number of fused-ring (bicyclic) bond motifs is 1. The van der Waals surface area contributed by atoms with Crippen molar-refractivity contribution >= 4 is 28.9 Å². The van der Waals surface area contributed by atoms with E-state index in [1.165, 1.54) is 0 Å². The molecule has 2 heterocycles. The number of rotatable bonds is 9. The van der Waals surface area contributed by atoms with Gasteiger partial charge in [-0.2, -0.15) is 0 Å². The van der Waals surface area contributed by atoms with E-state index in [4.69, 9.17) is 14.2 Å². The van der Waals surface area contributed by atoms with Gasteiger partial charge in [-0.15, -0.1) is 0 Å². The highest BCUT2D eigenvalue weighted by Gasteiger charge is 2.52. The number of alkyl halides is 1. The number of carbonyl (C=O) groups is 3. The summed E-state index contributed by atoms with van der Waals surface area (Å²) in [5.74, 6) is -2.27. The van der Waals surface area contributed by atoms with Crippen molar-refractivity contribution in [2.45, 2.75) is 76.9 Å². The number of para-hydroxylation sites is 1. The van der Waals surface area contributed by atoms with Crippen molar-refractivity contribution < 1.29 is 33.0 Å². The van der Waals surface area contributed by atoms with Crippen LogP contribution in [0, 0.1) is 5.92 Å². The molecule has 0 radical (unpaired) electrons. The second-order valence-electron chi connectivity index (χ2n) is 11.6. The minimum absolute atomic E-state index is 0.0294. The number of amides is 2. The molecule has 0 bridgehead atoms. The summed E-state index contributed by atoms with van der Waals surface area (Å²) in [7, 11) is 2.78. The van der Waals surface area contributed by atoms with Gasteiger partial charge >= 0.3 is 12.1 Å². The van der Waals surface area contributed by atoms with Crippen LogP contribution in [0.1, 0.15) is 52.0 Å². The van der Waals surface area contributed by atoms with Gasteiger partial charge in [-0.1, -0.05) is 18.2 Å². The van der Waals surface area contributed by atoms with Crippen molar-refractivity contribution in [1.29, 1.82) is 0 Å². The SMILES string of the molecule is COCCCn1cc(CN(C(=O)[C@H]2CN(C(=O)OC(C)(C)C)C[C@@](F)(C(=O)OC)C2)C2CC2)c2ccccc21. The Morgan fingerprint density at radius 2 is 1.87 bits per heavy atom. The Morgan fingerprint density at radius 3 is 2.51 bits per heavy atom. The van der Waals surface area contributed by atoms with Crippen LogP contribution in [-0.2, 0) is 36.9 Å². The Hall–Kier alpha value is -3.14. The zero-order chi connectivity index (χ0) is 28.4. The zero-order valence-corrected chi connectivity index (χ0v) is 23.6. The molecule has 214 valence electrons. The molecule has 2 aromatic rings. The van der Waals surface area contributed by atoms with Gasteiger partial charge in [0.15, 0.2) is 0 Å². The fourth-order valence-corrected chi connectivity index (χ4v) is 5.32. The lowest BCUT2D eigenvalue weighted by atomic mass is 9.85. The molecule has 1 aliphatic heterocycles. The molecule has 2 aliphatic rings. The van der Waals surface area contributed by atoms with E-state index in [0.717, 1.165) is 54.3 Å². The van der Waals surface area contributed by atoms with Gasteiger partial charge in [-0.3, -0.25) is 4.79 Å². The van der Waals surface area contributed by atoms with E-state index in [0.29, 0.717) is 13.2 Å². The lowest BCUT2D eigenvalue weighted by molar-refractivity contribution is -0.162. The molecule has 0 unspecified atom stereocenters. The van der Waals surface area contributed by atoms with Crippen molar-refractivity contribution in [3.05, 3.63) is 36.0 Å². The van der Waals surface area contributed by atoms with Crippen LogP contribution in [0.4, 0.5) is 9.18 Å². The first kappa shape index (κ1) is 28.9. The van der Waals surface area contributed by atoms with Crippen LogP contribution in [0.2, 0.25) is 0 Å². The second-order valence-corrected chi connectivity index (χ2v) is 11.6. The summed E-state index contributed by atoms with van der Waals surface area (Å²) in [5, 5.41) is 1.06. The first-order valence-corrected chi connectivity index (χ1v) is 13.6. The number of hydrogen-bond acceptors (Lipinski definition) is 6. The summed E-state index contributed by atoms with van der Waals surface area (Å²) in [6, 6.07) is 8.10. The molecule has 0 N–H and O–H groups in total. The molecule has 2 fully saturated rings. The third kappa shape index (κ3) is 6.72. The minimum atomic E-state index is -2.50. The first-order valence-electron chi connectivity index (χ1n) is 13.6. The first-order chi connectivity index (χ1) is 18.5. The van der Waals surface area contributed by atoms with Gasteiger partial charge in [0.25, 0.3) is 0 Å². The number of benzene rings is 1. The Morgan fingerprint density at radius 1 is 1.15 bits per heavy atom.